The predicted molar refractivity (Wildman–Crippen MR) is 256 cm³/mol. The first kappa shape index (κ1) is 50.3. The Morgan fingerprint density at radius 3 is 1.54 bits per heavy atom. The molecule has 0 bridgehead atoms. The number of alkyl carbamates (subject to hydrolysis) is 1. The van der Waals surface area contributed by atoms with Crippen LogP contribution in [-0.4, -0.2) is 131 Å². The van der Waals surface area contributed by atoms with Gasteiger partial charge in [-0.1, -0.05) is 0 Å². The quantitative estimate of drug-likeness (QED) is 0.0675. The number of carbonyl (C=O) groups excluding carboxylic acids is 3. The number of halogens is 4. The van der Waals surface area contributed by atoms with Gasteiger partial charge < -0.3 is 59.5 Å². The van der Waals surface area contributed by atoms with E-state index in [4.69, 9.17) is 24.2 Å². The molecule has 0 saturated carbocycles. The van der Waals surface area contributed by atoms with Crippen molar-refractivity contribution in [1.29, 1.82) is 0 Å². The van der Waals surface area contributed by atoms with E-state index in [1.807, 2.05) is 0 Å². The highest BCUT2D eigenvalue weighted by Gasteiger charge is 2.43. The van der Waals surface area contributed by atoms with Crippen LogP contribution in [0.4, 0.5) is 38.5 Å². The van der Waals surface area contributed by atoms with E-state index in [1.165, 1.54) is 50.5 Å². The van der Waals surface area contributed by atoms with Gasteiger partial charge in [-0.15, -0.1) is 0 Å². The molecule has 9 rings (SSSR count). The number of nitrogens with one attached hydrogen (secondary N) is 4. The Labute approximate surface area is 412 Å². The largest absolute Gasteiger partial charge is 0.465 e. The molecule has 8 atom stereocenters. The number of carboxylic acid groups (broad SMARTS) is 1. The summed E-state index contributed by atoms with van der Waals surface area (Å²) in [6.07, 6.45) is 1.60. The Morgan fingerprint density at radius 2 is 1.10 bits per heavy atom. The SMILES string of the molecule is COC(=O)N[C@H](C(=O)N1CCC[C@H]1c1nc2cc(F)c([C@H]3CC[C@H](c4cc5[nH]c([C@@H]6CCCN6C(=O)[C@@H](NC(=O)O)[C@@H](C)OC)nc5cc4F)N3c3cc(F)c(N4CCCCC4)c(F)c3)cc2[nH]1)[C@@H](C)OC. The number of anilines is 2. The predicted octanol–water partition coefficient (Wildman–Crippen LogP) is 7.83. The van der Waals surface area contributed by atoms with Gasteiger partial charge in [-0.25, -0.2) is 37.1 Å². The van der Waals surface area contributed by atoms with E-state index < -0.39 is 95.7 Å². The van der Waals surface area contributed by atoms with Gasteiger partial charge >= 0.3 is 12.2 Å². The first-order chi connectivity index (χ1) is 34.6. The second-order valence-corrected chi connectivity index (χ2v) is 19.1. The molecule has 5 N–H and O–H groups in total. The van der Waals surface area contributed by atoms with Gasteiger partial charge in [0.05, 0.1) is 65.6 Å². The highest BCUT2D eigenvalue weighted by Crippen LogP contribution is 2.50. The molecule has 0 spiro atoms. The molecular weight excluding hydrogens is 945 g/mol. The molecule has 6 heterocycles. The summed E-state index contributed by atoms with van der Waals surface area (Å²) in [6, 6.07) is 3.07. The first-order valence-corrected chi connectivity index (χ1v) is 24.5. The number of imidazole rings is 2. The molecule has 22 heteroatoms. The van der Waals surface area contributed by atoms with E-state index >= 15 is 17.6 Å². The molecule has 4 aliphatic heterocycles. The summed E-state index contributed by atoms with van der Waals surface area (Å²) in [5.74, 6) is -3.04. The molecule has 3 aromatic carbocycles. The Hall–Kier alpha value is -6.68. The monoisotopic (exact) mass is 1000 g/mol. The van der Waals surface area contributed by atoms with Gasteiger partial charge in [0.2, 0.25) is 11.8 Å². The summed E-state index contributed by atoms with van der Waals surface area (Å²) in [5, 5.41) is 14.3. The number of rotatable bonds is 14. The number of aromatic amines is 2. The Balaban J connectivity index is 1.07. The summed E-state index contributed by atoms with van der Waals surface area (Å²) in [7, 11) is 4.00. The minimum Gasteiger partial charge on any atom is -0.465 e. The number of fused-ring (bicyclic) bond motifs is 2. The Morgan fingerprint density at radius 1 is 0.625 bits per heavy atom. The zero-order chi connectivity index (χ0) is 51.1. The van der Waals surface area contributed by atoms with E-state index in [9.17, 15) is 24.3 Å². The third-order valence-electron chi connectivity index (χ3n) is 15.0. The number of piperidine rings is 1. The number of nitrogens with zero attached hydrogens (tertiary/aromatic N) is 6. The number of hydrogen-bond donors (Lipinski definition) is 5. The van der Waals surface area contributed by atoms with Crippen molar-refractivity contribution in [2.24, 2.45) is 0 Å². The van der Waals surface area contributed by atoms with Gasteiger partial charge in [0.1, 0.15) is 41.1 Å². The van der Waals surface area contributed by atoms with E-state index in [-0.39, 0.29) is 46.4 Å². The molecule has 0 aliphatic carbocycles. The lowest BCUT2D eigenvalue weighted by molar-refractivity contribution is -0.138. The van der Waals surface area contributed by atoms with Crippen LogP contribution in [0.25, 0.3) is 22.1 Å². The summed E-state index contributed by atoms with van der Waals surface area (Å²) in [4.78, 5) is 74.2. The van der Waals surface area contributed by atoms with Gasteiger partial charge in [-0.3, -0.25) is 9.59 Å². The van der Waals surface area contributed by atoms with Crippen LogP contribution >= 0.6 is 0 Å². The number of amides is 4. The number of H-pyrrole nitrogens is 2. The molecule has 0 radical (unpaired) electrons. The highest BCUT2D eigenvalue weighted by atomic mass is 19.1. The van der Waals surface area contributed by atoms with Gasteiger partial charge in [-0.05, 0) is 95.9 Å². The number of hydrogen-bond acceptors (Lipinski definition) is 11. The fourth-order valence-corrected chi connectivity index (χ4v) is 11.2. The molecule has 0 unspecified atom stereocenters. The molecule has 72 heavy (non-hydrogen) atoms. The lowest BCUT2D eigenvalue weighted by Crippen LogP contribution is -2.54. The second-order valence-electron chi connectivity index (χ2n) is 19.1. The van der Waals surface area contributed by atoms with E-state index in [0.717, 1.165) is 19.3 Å². The van der Waals surface area contributed by atoms with Gasteiger partial charge in [0.25, 0.3) is 0 Å². The number of ether oxygens (including phenoxy) is 3. The third-order valence-corrected chi connectivity index (χ3v) is 15.0. The van der Waals surface area contributed by atoms with Crippen molar-refractivity contribution in [2.45, 2.75) is 120 Å². The zero-order valence-corrected chi connectivity index (χ0v) is 40.8. The maximum atomic E-state index is 16.8. The number of likely N-dealkylation sites (tertiary alicyclic amines) is 2. The summed E-state index contributed by atoms with van der Waals surface area (Å²) >= 11 is 0. The van der Waals surface area contributed by atoms with E-state index in [1.54, 1.807) is 40.7 Å². The minimum absolute atomic E-state index is 0.0864. The van der Waals surface area contributed by atoms with Crippen LogP contribution in [0.2, 0.25) is 0 Å². The molecule has 4 aliphatic rings. The first-order valence-electron chi connectivity index (χ1n) is 24.5. The van der Waals surface area contributed by atoms with Crippen molar-refractivity contribution in [3.63, 3.8) is 0 Å². The van der Waals surface area contributed by atoms with Crippen molar-refractivity contribution >= 4 is 57.4 Å². The number of benzene rings is 3. The average Bonchev–Trinajstić information content (AvgIpc) is 4.23. The molecule has 4 fully saturated rings. The summed E-state index contributed by atoms with van der Waals surface area (Å²) in [6.45, 7) is 4.89. The number of aromatic nitrogens is 4. The minimum atomic E-state index is -1.38. The van der Waals surface area contributed by atoms with Crippen molar-refractivity contribution in [3.05, 3.63) is 82.4 Å². The topological polar surface area (TPSA) is 211 Å². The van der Waals surface area contributed by atoms with Crippen LogP contribution in [0.5, 0.6) is 0 Å². The molecule has 2 aromatic heterocycles. The summed E-state index contributed by atoms with van der Waals surface area (Å²) < 4.78 is 82.0. The summed E-state index contributed by atoms with van der Waals surface area (Å²) in [5.41, 5.74) is 1.68. The molecule has 5 aromatic rings. The van der Waals surface area contributed by atoms with Crippen LogP contribution in [0.3, 0.4) is 0 Å². The fraction of sp³-hybridized carbons (Fsp3) is 0.520. The third kappa shape index (κ3) is 9.57. The highest BCUT2D eigenvalue weighted by molar-refractivity contribution is 5.88. The van der Waals surface area contributed by atoms with E-state index in [2.05, 4.69) is 20.6 Å². The van der Waals surface area contributed by atoms with Crippen molar-refractivity contribution in [2.75, 3.05) is 57.3 Å². The molecular formula is C50H60F4N10O8. The van der Waals surface area contributed by atoms with Crippen LogP contribution in [0.1, 0.15) is 119 Å². The van der Waals surface area contributed by atoms with Crippen molar-refractivity contribution < 1.29 is 56.1 Å². The zero-order valence-electron chi connectivity index (χ0n) is 40.8. The Bertz CT molecular complexity index is 2840. The maximum absolute atomic E-state index is 16.8. The number of methoxy groups -OCH3 is 3. The normalized spacial score (nSPS) is 22.1. The van der Waals surface area contributed by atoms with Gasteiger partial charge in [0.15, 0.2) is 11.6 Å². The second kappa shape index (κ2) is 20.8. The van der Waals surface area contributed by atoms with Crippen LogP contribution in [0, 0.1) is 23.3 Å². The van der Waals surface area contributed by atoms with Crippen LogP contribution in [-0.2, 0) is 23.8 Å². The molecule has 18 nitrogen and oxygen atoms in total. The molecule has 4 amide bonds. The van der Waals surface area contributed by atoms with Gasteiger partial charge in [-0.2, -0.15) is 0 Å². The van der Waals surface area contributed by atoms with Crippen LogP contribution in [0.15, 0.2) is 36.4 Å². The van der Waals surface area contributed by atoms with Gasteiger partial charge in [0, 0.05) is 69.3 Å². The van der Waals surface area contributed by atoms with Crippen molar-refractivity contribution in [1.82, 2.24) is 40.4 Å². The molecule has 386 valence electrons. The van der Waals surface area contributed by atoms with E-state index in [0.29, 0.717) is 74.5 Å². The molecule has 4 saturated heterocycles. The fourth-order valence-electron chi connectivity index (χ4n) is 11.2. The average molecular weight is 1010 g/mol. The standard InChI is InChI=1S/C50H60F4N10O8/c1-25(70-3)42(59-49(67)68)47(65)62-17-9-11-40(62)45-55-34-21-28(30(51)23-36(34)57-45)38-13-14-39(64(38)27-19-32(53)44(33(54)20-27)61-15-7-6-8-16-61)29-22-35-37(24-31(29)52)58-46(56-35)41-12-10-18-63(41)48(66)43(26(2)71-4)60-50(69)72-5/h19-26,38-43,59H,6-18H2,1-5H3,(H,55,57)(H,56,58)(H,60,69)(H,67,68)/t25-,26-,38-,39-,40+,41+,42+,43+/m1/s1. The lowest BCUT2D eigenvalue weighted by atomic mass is 10.0. The maximum Gasteiger partial charge on any atom is 0.407 e. The van der Waals surface area contributed by atoms with Crippen molar-refractivity contribution in [3.8, 4) is 0 Å². The van der Waals surface area contributed by atoms with Crippen LogP contribution < -0.4 is 20.4 Å². The smallest absolute Gasteiger partial charge is 0.407 e. The Kier molecular flexibility index (Phi) is 14.5. The lowest BCUT2D eigenvalue weighted by Gasteiger charge is -2.35. The number of carbonyl (C=O) groups is 4.